The van der Waals surface area contributed by atoms with Gasteiger partial charge in [-0.15, -0.1) is 0 Å². The Morgan fingerprint density at radius 3 is 2.88 bits per heavy atom. The minimum Gasteiger partial charge on any atom is -0.444 e. The van der Waals surface area contributed by atoms with E-state index < -0.39 is 16.1 Å². The molecule has 0 saturated carbocycles. The third-order valence-electron chi connectivity index (χ3n) is 5.47. The van der Waals surface area contributed by atoms with E-state index in [-0.39, 0.29) is 48.6 Å². The van der Waals surface area contributed by atoms with Gasteiger partial charge in [0.2, 0.25) is 15.9 Å². The van der Waals surface area contributed by atoms with Crippen LogP contribution < -0.4 is 10.6 Å². The second-order valence-electron chi connectivity index (χ2n) is 8.98. The van der Waals surface area contributed by atoms with Crippen LogP contribution in [0.2, 0.25) is 0 Å². The number of carbonyl (C=O) groups excluding carboxylic acids is 2. The zero-order valence-corrected chi connectivity index (χ0v) is 20.9. The molecule has 190 valence electrons. The normalized spacial score (nSPS) is 20.0. The quantitative estimate of drug-likeness (QED) is 0.425. The standard InChI is InChI=1S/C23H35N3O7S/c1-4-10-31-22-13-18(15-32-22)33-23(28)24-8-5-9-26(14-16(2)3)34(29,30)19-6-7-20-17(11-19)12-21(27)25-20/h6-7,11,16,18,22H,4-5,8-10,12-15H2,1-3H3,(H,24,28)(H,25,27). The zero-order valence-electron chi connectivity index (χ0n) is 20.0. The molecule has 0 spiro atoms. The zero-order chi connectivity index (χ0) is 24.7. The number of nitrogens with one attached hydrogen (secondary N) is 2. The summed E-state index contributed by atoms with van der Waals surface area (Å²) in [5, 5.41) is 5.39. The van der Waals surface area contributed by atoms with Crippen LogP contribution in [0.4, 0.5) is 10.5 Å². The lowest BCUT2D eigenvalue weighted by atomic mass is 10.2. The second kappa shape index (κ2) is 12.0. The van der Waals surface area contributed by atoms with Crippen molar-refractivity contribution < 1.29 is 32.2 Å². The van der Waals surface area contributed by atoms with E-state index in [1.54, 1.807) is 12.1 Å². The summed E-state index contributed by atoms with van der Waals surface area (Å²) in [6.07, 6.45) is 0.719. The number of alkyl carbamates (subject to hydrolysis) is 1. The molecule has 1 fully saturated rings. The Morgan fingerprint density at radius 2 is 2.15 bits per heavy atom. The molecule has 0 aliphatic carbocycles. The maximum absolute atomic E-state index is 13.3. The van der Waals surface area contributed by atoms with Crippen molar-refractivity contribution >= 4 is 27.7 Å². The molecule has 2 aliphatic heterocycles. The Hall–Kier alpha value is -2.21. The average molecular weight is 498 g/mol. The molecule has 0 radical (unpaired) electrons. The van der Waals surface area contributed by atoms with E-state index >= 15 is 0 Å². The molecule has 1 aromatic carbocycles. The van der Waals surface area contributed by atoms with Gasteiger partial charge < -0.3 is 24.8 Å². The lowest BCUT2D eigenvalue weighted by molar-refractivity contribution is -0.115. The SMILES string of the molecule is CCCOC1CC(OC(=O)NCCCN(CC(C)C)S(=O)(=O)c2ccc3c(c2)CC(=O)N3)CO1. The molecule has 2 aliphatic rings. The summed E-state index contributed by atoms with van der Waals surface area (Å²) in [6.45, 7) is 7.66. The van der Waals surface area contributed by atoms with E-state index in [9.17, 15) is 18.0 Å². The third kappa shape index (κ3) is 7.14. The van der Waals surface area contributed by atoms with Crippen LogP contribution in [0.25, 0.3) is 0 Å². The maximum atomic E-state index is 13.3. The van der Waals surface area contributed by atoms with Crippen LogP contribution in [0.5, 0.6) is 0 Å². The summed E-state index contributed by atoms with van der Waals surface area (Å²) in [7, 11) is -3.75. The number of hydrogen-bond acceptors (Lipinski definition) is 7. The number of amides is 2. The van der Waals surface area contributed by atoms with Gasteiger partial charge in [0.25, 0.3) is 0 Å². The molecule has 0 bridgehead atoms. The molecule has 2 heterocycles. The van der Waals surface area contributed by atoms with Crippen LogP contribution in [0.3, 0.4) is 0 Å². The van der Waals surface area contributed by atoms with Crippen LogP contribution >= 0.6 is 0 Å². The molecule has 2 N–H and O–H groups in total. The van der Waals surface area contributed by atoms with E-state index in [2.05, 4.69) is 10.6 Å². The molecule has 3 rings (SSSR count). The van der Waals surface area contributed by atoms with Crippen LogP contribution in [-0.4, -0.2) is 70.0 Å². The van der Waals surface area contributed by atoms with E-state index in [1.165, 1.54) is 10.4 Å². The van der Waals surface area contributed by atoms with Crippen LogP contribution in [0.15, 0.2) is 23.1 Å². The van der Waals surface area contributed by atoms with E-state index in [0.29, 0.717) is 43.9 Å². The molecule has 0 aromatic heterocycles. The van der Waals surface area contributed by atoms with Gasteiger partial charge in [0.15, 0.2) is 6.29 Å². The summed E-state index contributed by atoms with van der Waals surface area (Å²) < 4.78 is 44.3. The van der Waals surface area contributed by atoms with Gasteiger partial charge >= 0.3 is 6.09 Å². The predicted octanol–water partition coefficient (Wildman–Crippen LogP) is 2.49. The monoisotopic (exact) mass is 497 g/mol. The highest BCUT2D eigenvalue weighted by Gasteiger charge is 2.30. The first-order chi connectivity index (χ1) is 16.2. The van der Waals surface area contributed by atoms with Gasteiger partial charge in [-0.25, -0.2) is 13.2 Å². The Kier molecular flexibility index (Phi) is 9.29. The van der Waals surface area contributed by atoms with Crippen molar-refractivity contribution in [2.75, 3.05) is 38.2 Å². The van der Waals surface area contributed by atoms with Gasteiger partial charge in [-0.05, 0) is 42.5 Å². The van der Waals surface area contributed by atoms with Crippen LogP contribution in [-0.2, 0) is 35.4 Å². The fraction of sp³-hybridized carbons (Fsp3) is 0.652. The number of anilines is 1. The largest absolute Gasteiger partial charge is 0.444 e. The molecule has 1 aromatic rings. The Bertz CT molecular complexity index is 967. The van der Waals surface area contributed by atoms with Crippen molar-refractivity contribution in [3.63, 3.8) is 0 Å². The Balaban J connectivity index is 1.49. The van der Waals surface area contributed by atoms with Gasteiger partial charge in [0.05, 0.1) is 17.9 Å². The number of fused-ring (bicyclic) bond motifs is 1. The van der Waals surface area contributed by atoms with Crippen molar-refractivity contribution in [2.24, 2.45) is 5.92 Å². The van der Waals surface area contributed by atoms with Crippen LogP contribution in [0, 0.1) is 5.92 Å². The molecule has 11 heteroatoms. The summed E-state index contributed by atoms with van der Waals surface area (Å²) in [5.74, 6) is -0.0228. The minimum atomic E-state index is -3.75. The fourth-order valence-corrected chi connectivity index (χ4v) is 5.58. The smallest absolute Gasteiger partial charge is 0.407 e. The second-order valence-corrected chi connectivity index (χ2v) is 10.9. The lowest BCUT2D eigenvalue weighted by Crippen LogP contribution is -2.37. The van der Waals surface area contributed by atoms with Gasteiger partial charge in [-0.2, -0.15) is 4.31 Å². The summed E-state index contributed by atoms with van der Waals surface area (Å²) in [5.41, 5.74) is 1.33. The first-order valence-corrected chi connectivity index (χ1v) is 13.2. The molecule has 10 nitrogen and oxygen atoms in total. The number of sulfonamides is 1. The van der Waals surface area contributed by atoms with Gasteiger partial charge in [-0.1, -0.05) is 20.8 Å². The molecule has 2 amide bonds. The molecule has 34 heavy (non-hydrogen) atoms. The highest BCUT2D eigenvalue weighted by molar-refractivity contribution is 7.89. The first kappa shape index (κ1) is 26.4. The maximum Gasteiger partial charge on any atom is 0.407 e. The Morgan fingerprint density at radius 1 is 1.35 bits per heavy atom. The topological polar surface area (TPSA) is 123 Å². The number of rotatable bonds is 12. The van der Waals surface area contributed by atoms with E-state index in [1.807, 2.05) is 20.8 Å². The number of hydrogen-bond donors (Lipinski definition) is 2. The van der Waals surface area contributed by atoms with E-state index in [4.69, 9.17) is 14.2 Å². The van der Waals surface area contributed by atoms with E-state index in [0.717, 1.165) is 6.42 Å². The summed E-state index contributed by atoms with van der Waals surface area (Å²) in [6, 6.07) is 4.71. The highest BCUT2D eigenvalue weighted by atomic mass is 32.2. The van der Waals surface area contributed by atoms with Crippen molar-refractivity contribution in [2.45, 2.75) is 63.7 Å². The van der Waals surface area contributed by atoms with Crippen LogP contribution in [0.1, 0.15) is 45.6 Å². The third-order valence-corrected chi connectivity index (χ3v) is 7.33. The summed E-state index contributed by atoms with van der Waals surface area (Å²) in [4.78, 5) is 23.9. The molecular formula is C23H35N3O7S. The van der Waals surface area contributed by atoms with Gasteiger partial charge in [-0.3, -0.25) is 4.79 Å². The van der Waals surface area contributed by atoms with Crippen molar-refractivity contribution in [3.8, 4) is 0 Å². The predicted molar refractivity (Wildman–Crippen MR) is 126 cm³/mol. The van der Waals surface area contributed by atoms with Crippen molar-refractivity contribution in [1.29, 1.82) is 0 Å². The lowest BCUT2D eigenvalue weighted by Gasteiger charge is -2.24. The highest BCUT2D eigenvalue weighted by Crippen LogP contribution is 2.27. The number of nitrogens with zero attached hydrogens (tertiary/aromatic N) is 1. The Labute approximate surface area is 201 Å². The van der Waals surface area contributed by atoms with Gasteiger partial charge in [0.1, 0.15) is 6.10 Å². The summed E-state index contributed by atoms with van der Waals surface area (Å²) >= 11 is 0. The van der Waals surface area contributed by atoms with Gasteiger partial charge in [0, 0.05) is 38.3 Å². The average Bonchev–Trinajstić information content (AvgIpc) is 3.38. The number of benzene rings is 1. The number of ether oxygens (including phenoxy) is 3. The molecule has 2 unspecified atom stereocenters. The van der Waals surface area contributed by atoms with Crippen molar-refractivity contribution in [1.82, 2.24) is 9.62 Å². The number of carbonyl (C=O) groups is 2. The molecule has 2 atom stereocenters. The first-order valence-electron chi connectivity index (χ1n) is 11.8. The fourth-order valence-electron chi connectivity index (χ4n) is 3.88. The minimum absolute atomic E-state index is 0.121. The molecule has 1 saturated heterocycles. The van der Waals surface area contributed by atoms with Crippen molar-refractivity contribution in [3.05, 3.63) is 23.8 Å². The molecular weight excluding hydrogens is 462 g/mol.